The Kier molecular flexibility index (Phi) is 4.56. The second-order valence-corrected chi connectivity index (χ2v) is 8.85. The molecule has 0 unspecified atom stereocenters. The summed E-state index contributed by atoms with van der Waals surface area (Å²) in [5.74, 6) is 2.67. The maximum atomic E-state index is 4.57. The molecule has 0 saturated heterocycles. The zero-order valence-corrected chi connectivity index (χ0v) is 15.6. The third-order valence-electron chi connectivity index (χ3n) is 4.25. The van der Waals surface area contributed by atoms with Crippen LogP contribution in [0, 0.1) is 0 Å². The summed E-state index contributed by atoms with van der Waals surface area (Å²) < 4.78 is 2.30. The summed E-state index contributed by atoms with van der Waals surface area (Å²) in [6.07, 6.45) is 4.15. The molecule has 0 bridgehead atoms. The smallest absolute Gasteiger partial charge is 0.135 e. The van der Waals surface area contributed by atoms with E-state index in [4.69, 9.17) is 0 Å². The van der Waals surface area contributed by atoms with E-state index in [0.717, 1.165) is 37.6 Å². The normalized spacial score (nSPS) is 18.4. The number of thiazole rings is 1. The second-order valence-electron chi connectivity index (χ2n) is 7.74. The second kappa shape index (κ2) is 6.32. The summed E-state index contributed by atoms with van der Waals surface area (Å²) in [5, 5.41) is 13.6. The van der Waals surface area contributed by atoms with Gasteiger partial charge in [0.05, 0.1) is 5.01 Å². The van der Waals surface area contributed by atoms with Crippen molar-refractivity contribution in [1.82, 2.24) is 25.1 Å². The van der Waals surface area contributed by atoms with Crippen LogP contribution in [0.2, 0.25) is 0 Å². The fourth-order valence-electron chi connectivity index (χ4n) is 2.92. The van der Waals surface area contributed by atoms with Crippen LogP contribution >= 0.6 is 11.3 Å². The van der Waals surface area contributed by atoms with E-state index in [2.05, 4.69) is 59.7 Å². The third kappa shape index (κ3) is 3.63. The van der Waals surface area contributed by atoms with Crippen molar-refractivity contribution in [2.24, 2.45) is 0 Å². The van der Waals surface area contributed by atoms with Crippen LogP contribution in [0.15, 0.2) is 6.20 Å². The number of aromatic nitrogens is 4. The summed E-state index contributed by atoms with van der Waals surface area (Å²) in [6.45, 7) is 12.9. The minimum atomic E-state index is 0.136. The average Bonchev–Trinajstić information content (AvgIpc) is 3.11. The minimum absolute atomic E-state index is 0.136. The van der Waals surface area contributed by atoms with E-state index < -0.39 is 0 Å². The topological polar surface area (TPSA) is 55.6 Å². The molecule has 3 rings (SSSR count). The molecule has 6 heteroatoms. The van der Waals surface area contributed by atoms with Crippen LogP contribution in [0.25, 0.3) is 0 Å². The zero-order chi connectivity index (χ0) is 16.6. The maximum Gasteiger partial charge on any atom is 0.135 e. The highest BCUT2D eigenvalue weighted by Crippen LogP contribution is 2.27. The van der Waals surface area contributed by atoms with E-state index in [-0.39, 0.29) is 5.41 Å². The summed E-state index contributed by atoms with van der Waals surface area (Å²) in [6, 6.07) is 0.483. The Hall–Kier alpha value is -1.27. The van der Waals surface area contributed by atoms with E-state index in [1.807, 2.05) is 17.5 Å². The highest BCUT2D eigenvalue weighted by atomic mass is 32.1. The van der Waals surface area contributed by atoms with Gasteiger partial charge in [0.1, 0.15) is 11.6 Å². The molecule has 3 heterocycles. The van der Waals surface area contributed by atoms with Crippen molar-refractivity contribution in [3.63, 3.8) is 0 Å². The maximum absolute atomic E-state index is 4.57. The lowest BCUT2D eigenvalue weighted by molar-refractivity contribution is 0.371. The van der Waals surface area contributed by atoms with Gasteiger partial charge in [-0.15, -0.1) is 21.5 Å². The fraction of sp³-hybridized carbons (Fsp3) is 0.706. The van der Waals surface area contributed by atoms with Crippen LogP contribution in [0.1, 0.15) is 68.5 Å². The number of hydrogen-bond acceptors (Lipinski definition) is 5. The van der Waals surface area contributed by atoms with Gasteiger partial charge in [-0.2, -0.15) is 0 Å². The Balaban J connectivity index is 1.62. The van der Waals surface area contributed by atoms with Gasteiger partial charge < -0.3 is 9.88 Å². The Morgan fingerprint density at radius 2 is 2.13 bits per heavy atom. The highest BCUT2D eigenvalue weighted by Gasteiger charge is 2.24. The van der Waals surface area contributed by atoms with Crippen molar-refractivity contribution >= 4 is 11.3 Å². The Morgan fingerprint density at radius 1 is 1.35 bits per heavy atom. The molecular weight excluding hydrogens is 306 g/mol. The van der Waals surface area contributed by atoms with E-state index in [0.29, 0.717) is 12.0 Å². The Morgan fingerprint density at radius 3 is 2.78 bits per heavy atom. The number of rotatable bonds is 4. The van der Waals surface area contributed by atoms with E-state index in [1.54, 1.807) is 0 Å². The Bertz CT molecular complexity index is 665. The standard InChI is InChI=1S/C17H27N5S/c1-11(2)15-21-20-14-7-6-12(10-22(14)15)18-8-13-9-19-16(23-13)17(3,4)5/h9,11-12,18H,6-8,10H2,1-5H3/t12-/m0/s1. The van der Waals surface area contributed by atoms with Crippen LogP contribution in [0.3, 0.4) is 0 Å². The van der Waals surface area contributed by atoms with E-state index in [1.165, 1.54) is 9.88 Å². The highest BCUT2D eigenvalue weighted by molar-refractivity contribution is 7.11. The van der Waals surface area contributed by atoms with Crippen molar-refractivity contribution < 1.29 is 0 Å². The molecular formula is C17H27N5S. The first-order chi connectivity index (χ1) is 10.8. The molecule has 2 aromatic rings. The first kappa shape index (κ1) is 16.6. The van der Waals surface area contributed by atoms with Gasteiger partial charge in [-0.1, -0.05) is 34.6 Å². The van der Waals surface area contributed by atoms with Crippen LogP contribution in [0.5, 0.6) is 0 Å². The van der Waals surface area contributed by atoms with Crippen molar-refractivity contribution in [3.8, 4) is 0 Å². The molecule has 0 spiro atoms. The number of hydrogen-bond donors (Lipinski definition) is 1. The van der Waals surface area contributed by atoms with Crippen LogP contribution < -0.4 is 5.32 Å². The zero-order valence-electron chi connectivity index (χ0n) is 14.8. The van der Waals surface area contributed by atoms with Crippen LogP contribution in [-0.4, -0.2) is 25.8 Å². The van der Waals surface area contributed by atoms with Gasteiger partial charge in [0.15, 0.2) is 0 Å². The molecule has 1 aliphatic rings. The molecule has 2 aromatic heterocycles. The fourth-order valence-corrected chi connectivity index (χ4v) is 3.84. The van der Waals surface area contributed by atoms with Crippen molar-refractivity contribution in [1.29, 1.82) is 0 Å². The van der Waals surface area contributed by atoms with Crippen molar-refractivity contribution in [2.45, 2.75) is 77.9 Å². The summed E-state index contributed by atoms with van der Waals surface area (Å²) in [4.78, 5) is 5.88. The van der Waals surface area contributed by atoms with Gasteiger partial charge in [0.25, 0.3) is 0 Å². The quantitative estimate of drug-likeness (QED) is 0.933. The number of fused-ring (bicyclic) bond motifs is 1. The molecule has 23 heavy (non-hydrogen) atoms. The lowest BCUT2D eigenvalue weighted by Crippen LogP contribution is -2.37. The molecule has 0 amide bonds. The lowest BCUT2D eigenvalue weighted by atomic mass is 9.98. The summed E-state index contributed by atoms with van der Waals surface area (Å²) in [7, 11) is 0. The van der Waals surface area contributed by atoms with Gasteiger partial charge in [-0.25, -0.2) is 4.98 Å². The molecule has 0 radical (unpaired) electrons. The number of nitrogens with one attached hydrogen (secondary N) is 1. The third-order valence-corrected chi connectivity index (χ3v) is 5.67. The minimum Gasteiger partial charge on any atom is -0.313 e. The molecule has 126 valence electrons. The molecule has 0 saturated carbocycles. The molecule has 1 atom stereocenters. The van der Waals surface area contributed by atoms with Gasteiger partial charge in [0.2, 0.25) is 0 Å². The van der Waals surface area contributed by atoms with Crippen molar-refractivity contribution in [2.75, 3.05) is 0 Å². The molecule has 0 fully saturated rings. The monoisotopic (exact) mass is 333 g/mol. The van der Waals surface area contributed by atoms with Crippen LogP contribution in [0.4, 0.5) is 0 Å². The molecule has 5 nitrogen and oxygen atoms in total. The van der Waals surface area contributed by atoms with Gasteiger partial charge in [-0.05, 0) is 6.42 Å². The van der Waals surface area contributed by atoms with Gasteiger partial charge in [0, 0.05) is 48.0 Å². The number of nitrogens with zero attached hydrogens (tertiary/aromatic N) is 4. The van der Waals surface area contributed by atoms with Gasteiger partial charge >= 0.3 is 0 Å². The molecule has 1 aliphatic heterocycles. The van der Waals surface area contributed by atoms with E-state index in [9.17, 15) is 0 Å². The predicted octanol–water partition coefficient (Wildman–Crippen LogP) is 3.26. The summed E-state index contributed by atoms with van der Waals surface area (Å²) in [5.41, 5.74) is 0.136. The Labute approximate surface area is 142 Å². The predicted molar refractivity (Wildman–Crippen MR) is 93.9 cm³/mol. The molecule has 1 N–H and O–H groups in total. The first-order valence-corrected chi connectivity index (χ1v) is 9.27. The largest absolute Gasteiger partial charge is 0.313 e. The summed E-state index contributed by atoms with van der Waals surface area (Å²) >= 11 is 1.82. The average molecular weight is 334 g/mol. The van der Waals surface area contributed by atoms with E-state index >= 15 is 0 Å². The SMILES string of the molecule is CC(C)c1nnc2n1C[C@@H](NCc1cnc(C(C)(C)C)s1)CC2. The molecule has 0 aromatic carbocycles. The van der Waals surface area contributed by atoms with Gasteiger partial charge in [-0.3, -0.25) is 0 Å². The number of aryl methyl sites for hydroxylation is 1. The molecule has 0 aliphatic carbocycles. The van der Waals surface area contributed by atoms with Crippen LogP contribution in [-0.2, 0) is 24.9 Å². The van der Waals surface area contributed by atoms with Crippen molar-refractivity contribution in [3.05, 3.63) is 27.7 Å². The first-order valence-electron chi connectivity index (χ1n) is 8.45. The lowest BCUT2D eigenvalue weighted by Gasteiger charge is -2.25.